The van der Waals surface area contributed by atoms with Crippen LogP contribution in [0, 0.1) is 6.92 Å². The lowest BCUT2D eigenvalue weighted by molar-refractivity contribution is 0.0477. The maximum atomic E-state index is 10.4. The lowest BCUT2D eigenvalue weighted by atomic mass is 10.4. The molecule has 4 nitrogen and oxygen atoms in total. The van der Waals surface area contributed by atoms with E-state index in [9.17, 15) is 4.79 Å². The molecular weight excluding hydrogens is 148 g/mol. The van der Waals surface area contributed by atoms with Crippen molar-refractivity contribution >= 4 is 6.16 Å². The number of ether oxygens (including phenoxy) is 3. The summed E-state index contributed by atoms with van der Waals surface area (Å²) in [4.78, 5) is 10.4. The van der Waals surface area contributed by atoms with E-state index >= 15 is 0 Å². The van der Waals surface area contributed by atoms with E-state index in [1.165, 1.54) is 0 Å². The average molecular weight is 159 g/mol. The minimum absolute atomic E-state index is 0.228. The van der Waals surface area contributed by atoms with Gasteiger partial charge in [0.25, 0.3) is 0 Å². The van der Waals surface area contributed by atoms with Crippen molar-refractivity contribution in [2.24, 2.45) is 0 Å². The molecule has 1 saturated heterocycles. The Bertz CT molecular complexity index is 134. The van der Waals surface area contributed by atoms with Gasteiger partial charge in [-0.15, -0.1) is 0 Å². The lowest BCUT2D eigenvalue weighted by Crippen LogP contribution is -2.18. The third-order valence-corrected chi connectivity index (χ3v) is 1.24. The maximum absolute atomic E-state index is 10.4. The highest BCUT2D eigenvalue weighted by atomic mass is 16.8. The second kappa shape index (κ2) is 4.18. The summed E-state index contributed by atoms with van der Waals surface area (Å²) in [6, 6.07) is 0. The van der Waals surface area contributed by atoms with Crippen molar-refractivity contribution in [2.45, 2.75) is 12.5 Å². The average Bonchev–Trinajstić information content (AvgIpc) is 2.37. The van der Waals surface area contributed by atoms with Crippen LogP contribution < -0.4 is 0 Å². The van der Waals surface area contributed by atoms with Crippen molar-refractivity contribution in [1.29, 1.82) is 0 Å². The smallest absolute Gasteiger partial charge is 0.430 e. The molecular formula is C7H11O4. The zero-order chi connectivity index (χ0) is 8.10. The van der Waals surface area contributed by atoms with E-state index in [-0.39, 0.29) is 6.10 Å². The maximum Gasteiger partial charge on any atom is 0.508 e. The van der Waals surface area contributed by atoms with Crippen LogP contribution in [-0.2, 0) is 14.2 Å². The predicted molar refractivity (Wildman–Crippen MR) is 37.0 cm³/mol. The molecule has 1 unspecified atom stereocenters. The van der Waals surface area contributed by atoms with Gasteiger partial charge < -0.3 is 14.2 Å². The third kappa shape index (κ3) is 2.76. The Kier molecular flexibility index (Phi) is 3.16. The van der Waals surface area contributed by atoms with Crippen molar-refractivity contribution in [3.05, 3.63) is 6.92 Å². The SMILES string of the molecule is [CH2]CCOCC1COC(=O)O1. The molecule has 0 saturated carbocycles. The number of hydrogen-bond donors (Lipinski definition) is 0. The molecule has 1 fully saturated rings. The van der Waals surface area contributed by atoms with Crippen LogP contribution in [0.25, 0.3) is 0 Å². The molecule has 0 aromatic carbocycles. The minimum Gasteiger partial charge on any atom is -0.430 e. The number of carbonyl (C=O) groups excluding carboxylic acids is 1. The lowest BCUT2D eigenvalue weighted by Gasteiger charge is -2.05. The number of hydrogen-bond acceptors (Lipinski definition) is 4. The minimum atomic E-state index is -0.603. The van der Waals surface area contributed by atoms with Gasteiger partial charge in [-0.1, -0.05) is 6.92 Å². The highest BCUT2D eigenvalue weighted by Crippen LogP contribution is 2.05. The van der Waals surface area contributed by atoms with Gasteiger partial charge in [-0.2, -0.15) is 0 Å². The van der Waals surface area contributed by atoms with Gasteiger partial charge in [0, 0.05) is 6.61 Å². The molecule has 1 heterocycles. The van der Waals surface area contributed by atoms with E-state index in [1.807, 2.05) is 0 Å². The normalized spacial score (nSPS) is 23.0. The molecule has 1 radical (unpaired) electrons. The summed E-state index contributed by atoms with van der Waals surface area (Å²) in [6.45, 7) is 4.90. The number of cyclic esters (lactones) is 2. The molecule has 0 aliphatic carbocycles. The largest absolute Gasteiger partial charge is 0.508 e. The molecule has 1 atom stereocenters. The summed E-state index contributed by atoms with van der Waals surface area (Å²) in [5, 5.41) is 0. The fourth-order valence-corrected chi connectivity index (χ4v) is 0.764. The van der Waals surface area contributed by atoms with Gasteiger partial charge in [0.2, 0.25) is 0 Å². The Hall–Kier alpha value is -0.770. The van der Waals surface area contributed by atoms with E-state index in [0.29, 0.717) is 19.8 Å². The van der Waals surface area contributed by atoms with E-state index in [2.05, 4.69) is 11.7 Å². The first-order valence-corrected chi connectivity index (χ1v) is 3.53. The first-order chi connectivity index (χ1) is 5.33. The van der Waals surface area contributed by atoms with Gasteiger partial charge in [0.1, 0.15) is 6.61 Å². The first kappa shape index (κ1) is 8.33. The fraction of sp³-hybridized carbons (Fsp3) is 0.714. The molecule has 0 N–H and O–H groups in total. The molecule has 4 heteroatoms. The quantitative estimate of drug-likeness (QED) is 0.448. The zero-order valence-electron chi connectivity index (χ0n) is 6.25. The molecule has 0 aromatic rings. The summed E-state index contributed by atoms with van der Waals surface area (Å²) in [7, 11) is 0. The molecule has 11 heavy (non-hydrogen) atoms. The fourth-order valence-electron chi connectivity index (χ4n) is 0.764. The summed E-state index contributed by atoms with van der Waals surface area (Å²) < 4.78 is 14.3. The van der Waals surface area contributed by atoms with Gasteiger partial charge in [-0.3, -0.25) is 0 Å². The topological polar surface area (TPSA) is 44.8 Å². The Morgan fingerprint density at radius 3 is 3.09 bits per heavy atom. The van der Waals surface area contributed by atoms with Crippen LogP contribution in [0.1, 0.15) is 6.42 Å². The Morgan fingerprint density at radius 2 is 2.55 bits per heavy atom. The molecule has 63 valence electrons. The summed E-state index contributed by atoms with van der Waals surface area (Å²) in [6.07, 6.45) is -0.107. The first-order valence-electron chi connectivity index (χ1n) is 3.53. The number of rotatable bonds is 4. The van der Waals surface area contributed by atoms with Crippen molar-refractivity contribution < 1.29 is 19.0 Å². The van der Waals surface area contributed by atoms with E-state index in [0.717, 1.165) is 6.42 Å². The predicted octanol–water partition coefficient (Wildman–Crippen LogP) is 0.763. The third-order valence-electron chi connectivity index (χ3n) is 1.24. The van der Waals surface area contributed by atoms with Crippen molar-refractivity contribution in [3.8, 4) is 0 Å². The van der Waals surface area contributed by atoms with Crippen LogP contribution in [-0.4, -0.2) is 32.1 Å². The van der Waals surface area contributed by atoms with Crippen molar-refractivity contribution in [3.63, 3.8) is 0 Å². The molecule has 0 aromatic heterocycles. The zero-order valence-corrected chi connectivity index (χ0v) is 6.25. The standard InChI is InChI=1S/C7H11O4/c1-2-3-9-4-6-5-10-7(8)11-6/h6H,1-5H2. The van der Waals surface area contributed by atoms with E-state index in [4.69, 9.17) is 9.47 Å². The van der Waals surface area contributed by atoms with Crippen LogP contribution in [0.5, 0.6) is 0 Å². The van der Waals surface area contributed by atoms with Crippen LogP contribution >= 0.6 is 0 Å². The summed E-state index contributed by atoms with van der Waals surface area (Å²) in [5.74, 6) is 0. The second-order valence-corrected chi connectivity index (χ2v) is 2.23. The second-order valence-electron chi connectivity index (χ2n) is 2.23. The van der Waals surface area contributed by atoms with Crippen LogP contribution in [0.2, 0.25) is 0 Å². The van der Waals surface area contributed by atoms with E-state index < -0.39 is 6.16 Å². The molecule has 1 aliphatic rings. The van der Waals surface area contributed by atoms with Gasteiger partial charge >= 0.3 is 6.16 Å². The summed E-state index contributed by atoms with van der Waals surface area (Å²) in [5.41, 5.74) is 0. The van der Waals surface area contributed by atoms with Crippen LogP contribution in [0.3, 0.4) is 0 Å². The highest BCUT2D eigenvalue weighted by Gasteiger charge is 2.24. The van der Waals surface area contributed by atoms with Crippen molar-refractivity contribution in [1.82, 2.24) is 0 Å². The van der Waals surface area contributed by atoms with Crippen LogP contribution in [0.4, 0.5) is 4.79 Å². The van der Waals surface area contributed by atoms with Gasteiger partial charge in [-0.05, 0) is 6.42 Å². The molecule has 0 bridgehead atoms. The Morgan fingerprint density at radius 1 is 1.73 bits per heavy atom. The summed E-state index contributed by atoms with van der Waals surface area (Å²) >= 11 is 0. The highest BCUT2D eigenvalue weighted by molar-refractivity contribution is 5.61. The Balaban J connectivity index is 2.04. The van der Waals surface area contributed by atoms with Crippen molar-refractivity contribution in [2.75, 3.05) is 19.8 Å². The number of carbonyl (C=O) groups is 1. The molecule has 1 rings (SSSR count). The molecule has 0 spiro atoms. The van der Waals surface area contributed by atoms with Gasteiger partial charge in [0.05, 0.1) is 6.61 Å². The molecule has 0 amide bonds. The van der Waals surface area contributed by atoms with Crippen LogP contribution in [0.15, 0.2) is 0 Å². The monoisotopic (exact) mass is 159 g/mol. The van der Waals surface area contributed by atoms with E-state index in [1.54, 1.807) is 0 Å². The van der Waals surface area contributed by atoms with Gasteiger partial charge in [-0.25, -0.2) is 4.79 Å². The Labute approximate surface area is 65.4 Å². The van der Waals surface area contributed by atoms with Gasteiger partial charge in [0.15, 0.2) is 6.10 Å². The molecule has 1 aliphatic heterocycles.